The van der Waals surface area contributed by atoms with Gasteiger partial charge in [-0.2, -0.15) is 52.7 Å². The van der Waals surface area contributed by atoms with E-state index in [1.54, 1.807) is 58.0 Å². The van der Waals surface area contributed by atoms with Crippen LogP contribution in [-0.4, -0.2) is 129 Å². The number of alkyl halides is 12. The number of halogens is 12. The number of ether oxygens (including phenoxy) is 8. The Morgan fingerprint density at radius 1 is 0.357 bits per heavy atom. The van der Waals surface area contributed by atoms with Gasteiger partial charge in [-0.25, -0.2) is 9.59 Å². The Hall–Kier alpha value is -8.22. The molecule has 0 aromatic heterocycles. The number of carbonyl (C=O) groups excluding carboxylic acids is 6. The number of aliphatic hydroxyl groups is 4. The van der Waals surface area contributed by atoms with Gasteiger partial charge in [-0.15, -0.1) is 0 Å². The minimum absolute atomic E-state index is 0.0312. The fourth-order valence-electron chi connectivity index (χ4n) is 6.52. The van der Waals surface area contributed by atoms with Crippen LogP contribution in [0.4, 0.5) is 52.7 Å². The van der Waals surface area contributed by atoms with Crippen molar-refractivity contribution in [1.29, 1.82) is 0 Å². The third-order valence-electron chi connectivity index (χ3n) is 15.1. The van der Waals surface area contributed by atoms with E-state index in [0.29, 0.717) is 64.5 Å². The number of carbonyl (C=O) groups is 6. The summed E-state index contributed by atoms with van der Waals surface area (Å²) in [6.45, 7) is 15.6. The molecule has 0 saturated heterocycles. The molecule has 5 aromatic carbocycles. The van der Waals surface area contributed by atoms with Crippen molar-refractivity contribution in [1.82, 2.24) is 0 Å². The van der Waals surface area contributed by atoms with Crippen LogP contribution in [0.2, 0.25) is 0 Å². The zero-order valence-corrected chi connectivity index (χ0v) is 56.2. The van der Waals surface area contributed by atoms with Crippen molar-refractivity contribution in [2.24, 2.45) is 23.7 Å². The molecule has 5 rings (SSSR count). The second-order valence-corrected chi connectivity index (χ2v) is 24.1. The molecular formula is C68H82F12O18. The Morgan fingerprint density at radius 2 is 0.622 bits per heavy atom. The van der Waals surface area contributed by atoms with Gasteiger partial charge in [0.15, 0.2) is 22.4 Å². The SMILES string of the molecule is CCC(C)C(=O)Oc1ccc(C(=O)OC(C)(C)C(C)(O)C(F)(F)F)cc1.CCC(C)C(=O)Oc1ccc(C(=O)OCC(C)(O)C(F)(F)F)cc1.CCC(C)C(=O)Oc1ccc(OCC(C)(O)C(F)(F)F)cc1.CCC(C)C(=O)Oc1ccc2cc(OCC(C)(O)C(F)(F)F)ccc2c1. The highest BCUT2D eigenvalue weighted by Crippen LogP contribution is 2.41. The molecule has 0 fully saturated rings. The maximum atomic E-state index is 13.0. The Bertz CT molecular complexity index is 3390. The number of benzene rings is 5. The summed E-state index contributed by atoms with van der Waals surface area (Å²) >= 11 is 0. The van der Waals surface area contributed by atoms with Gasteiger partial charge in [-0.3, -0.25) is 19.2 Å². The van der Waals surface area contributed by atoms with Crippen LogP contribution in [0, 0.1) is 23.7 Å². The first-order valence-electron chi connectivity index (χ1n) is 30.3. The maximum Gasteiger partial charge on any atom is 0.420 e. The lowest BCUT2D eigenvalue weighted by molar-refractivity contribution is -0.302. The molecule has 0 aliphatic rings. The summed E-state index contributed by atoms with van der Waals surface area (Å²) in [6.07, 6.45) is -16.9. The number of hydrogen-bond donors (Lipinski definition) is 4. The largest absolute Gasteiger partial charge is 0.490 e. The van der Waals surface area contributed by atoms with Crippen molar-refractivity contribution in [3.05, 3.63) is 120 Å². The molecule has 0 aliphatic carbocycles. The summed E-state index contributed by atoms with van der Waals surface area (Å²) in [5, 5.41) is 39.1. The minimum Gasteiger partial charge on any atom is -0.490 e. The van der Waals surface area contributed by atoms with Crippen LogP contribution < -0.4 is 28.4 Å². The van der Waals surface area contributed by atoms with Gasteiger partial charge in [-0.1, -0.05) is 67.5 Å². The van der Waals surface area contributed by atoms with E-state index in [2.05, 4.69) is 4.74 Å². The molecule has 4 N–H and O–H groups in total. The van der Waals surface area contributed by atoms with E-state index < -0.39 is 96.4 Å². The molecule has 0 bridgehead atoms. The predicted octanol–water partition coefficient (Wildman–Crippen LogP) is 14.8. The van der Waals surface area contributed by atoms with Crippen molar-refractivity contribution in [2.45, 2.75) is 175 Å². The third-order valence-corrected chi connectivity index (χ3v) is 15.1. The summed E-state index contributed by atoms with van der Waals surface area (Å²) in [5.41, 5.74) is -14.5. The van der Waals surface area contributed by atoms with Crippen LogP contribution in [0.25, 0.3) is 10.8 Å². The first-order chi connectivity index (χ1) is 44.8. The molecule has 8 atom stereocenters. The summed E-state index contributed by atoms with van der Waals surface area (Å²) in [6, 6.07) is 25.6. The van der Waals surface area contributed by atoms with Crippen molar-refractivity contribution in [3.8, 4) is 34.5 Å². The smallest absolute Gasteiger partial charge is 0.420 e. The lowest BCUT2D eigenvalue weighted by Gasteiger charge is -2.40. The highest BCUT2D eigenvalue weighted by molar-refractivity contribution is 5.91. The summed E-state index contributed by atoms with van der Waals surface area (Å²) in [5.74, 6) is -3.20. The first-order valence-corrected chi connectivity index (χ1v) is 30.3. The van der Waals surface area contributed by atoms with Gasteiger partial charge in [-0.05, 0) is 175 Å². The number of esters is 6. The van der Waals surface area contributed by atoms with Crippen LogP contribution in [-0.2, 0) is 28.7 Å². The number of fused-ring (bicyclic) bond motifs is 1. The van der Waals surface area contributed by atoms with E-state index in [0.717, 1.165) is 19.2 Å². The normalized spacial score (nSPS) is 15.5. The predicted molar refractivity (Wildman–Crippen MR) is 331 cm³/mol. The van der Waals surface area contributed by atoms with E-state index in [1.807, 2.05) is 27.7 Å². The van der Waals surface area contributed by atoms with Gasteiger partial charge in [0.1, 0.15) is 59.9 Å². The third kappa shape index (κ3) is 25.9. The molecular weight excluding hydrogens is 1330 g/mol. The Kier molecular flexibility index (Phi) is 31.1. The molecule has 0 heterocycles. The molecule has 0 amide bonds. The van der Waals surface area contributed by atoms with Gasteiger partial charge in [0.05, 0.1) is 34.8 Å². The molecule has 0 radical (unpaired) electrons. The first kappa shape index (κ1) is 85.9. The molecule has 30 heteroatoms. The van der Waals surface area contributed by atoms with E-state index in [-0.39, 0.29) is 75.5 Å². The Balaban J connectivity index is 0.000000445. The lowest BCUT2D eigenvalue weighted by atomic mass is 9.86. The lowest BCUT2D eigenvalue weighted by Crippen LogP contribution is -2.59. The molecule has 98 heavy (non-hydrogen) atoms. The van der Waals surface area contributed by atoms with E-state index in [4.69, 9.17) is 33.2 Å². The van der Waals surface area contributed by atoms with Crippen molar-refractivity contribution >= 4 is 46.6 Å². The summed E-state index contributed by atoms with van der Waals surface area (Å²) in [4.78, 5) is 70.6. The van der Waals surface area contributed by atoms with Gasteiger partial charge in [0.25, 0.3) is 0 Å². The fraction of sp³-hybridized carbons (Fsp3) is 0.500. The van der Waals surface area contributed by atoms with Crippen molar-refractivity contribution in [3.63, 3.8) is 0 Å². The van der Waals surface area contributed by atoms with Gasteiger partial charge in [0.2, 0.25) is 0 Å². The summed E-state index contributed by atoms with van der Waals surface area (Å²) < 4.78 is 192. The standard InChI is InChI=1S/C19H21F3O4.C18H23F3O5.C16H19F3O5.C15H19F3O4/c1-4-12(2)17(23)26-16-8-6-13-9-15(7-5-14(13)10-16)25-11-18(3,24)19(20,21)22;1-6-11(2)14(22)25-13-9-7-12(8-10-13)15(23)26-16(3,4)17(5,24)18(19,20)21;1-4-10(2)13(20)24-12-7-5-11(6-8-12)14(21)23-9-15(3,22)16(17,18)19;1-4-10(2)13(19)22-12-7-5-11(6-8-12)21-9-14(3,20)15(16,17)18/h5-10,12,24H,4,11H2,1-3H3;7-11,24H,6H2,1-5H3;5-8,10,22H,4,9H2,1-3H3;5-8,10,20H,4,9H2,1-3H3. The molecule has 546 valence electrons. The van der Waals surface area contributed by atoms with E-state index in [1.165, 1.54) is 78.9 Å². The number of hydrogen-bond acceptors (Lipinski definition) is 18. The molecule has 0 spiro atoms. The molecule has 0 aliphatic heterocycles. The molecule has 0 saturated carbocycles. The van der Waals surface area contributed by atoms with Crippen LogP contribution in [0.5, 0.6) is 34.5 Å². The van der Waals surface area contributed by atoms with Crippen LogP contribution in [0.1, 0.15) is 143 Å². The molecule has 8 unspecified atom stereocenters. The zero-order valence-electron chi connectivity index (χ0n) is 56.2. The second kappa shape index (κ2) is 35.5. The highest BCUT2D eigenvalue weighted by atomic mass is 19.4. The average molecular weight is 1420 g/mol. The summed E-state index contributed by atoms with van der Waals surface area (Å²) in [7, 11) is 0. The minimum atomic E-state index is -4.98. The van der Waals surface area contributed by atoms with Crippen molar-refractivity contribution < 1.29 is 140 Å². The topological polar surface area (TPSA) is 257 Å². The van der Waals surface area contributed by atoms with Gasteiger partial charge in [0, 0.05) is 0 Å². The number of rotatable bonds is 24. The highest BCUT2D eigenvalue weighted by Gasteiger charge is 2.61. The monoisotopic (exact) mass is 1410 g/mol. The van der Waals surface area contributed by atoms with Crippen LogP contribution in [0.3, 0.4) is 0 Å². The maximum absolute atomic E-state index is 13.0. The fourth-order valence-corrected chi connectivity index (χ4v) is 6.52. The quantitative estimate of drug-likeness (QED) is 0.0254. The molecule has 18 nitrogen and oxygen atoms in total. The Labute approximate surface area is 558 Å². The van der Waals surface area contributed by atoms with Gasteiger partial charge >= 0.3 is 60.5 Å². The van der Waals surface area contributed by atoms with Crippen LogP contribution in [0.15, 0.2) is 109 Å². The van der Waals surface area contributed by atoms with Crippen LogP contribution >= 0.6 is 0 Å². The zero-order chi connectivity index (χ0) is 75.4. The molecule has 5 aromatic rings. The van der Waals surface area contributed by atoms with Gasteiger partial charge < -0.3 is 58.3 Å². The van der Waals surface area contributed by atoms with E-state index >= 15 is 0 Å². The Morgan fingerprint density at radius 3 is 0.949 bits per heavy atom. The van der Waals surface area contributed by atoms with E-state index in [9.17, 15) is 102 Å². The second-order valence-electron chi connectivity index (χ2n) is 24.1. The average Bonchev–Trinajstić information content (AvgIpc) is 0.774. The van der Waals surface area contributed by atoms with Crippen molar-refractivity contribution in [2.75, 3.05) is 19.8 Å².